The zero-order chi connectivity index (χ0) is 22.7. The average molecular weight is 506 g/mol. The summed E-state index contributed by atoms with van der Waals surface area (Å²) < 4.78 is 33.3. The molecular weight excluding hydrogens is 490 g/mol. The molecule has 0 atom stereocenters. The molecule has 4 aromatic rings. The predicted octanol–water partition coefficient (Wildman–Crippen LogP) is 4.75. The van der Waals surface area contributed by atoms with Crippen molar-refractivity contribution >= 4 is 72.0 Å². The lowest BCUT2D eigenvalue weighted by Crippen LogP contribution is -2.33. The molecule has 0 aliphatic rings. The summed E-state index contributed by atoms with van der Waals surface area (Å²) in [5.74, 6) is 0.0849. The zero-order valence-corrected chi connectivity index (χ0v) is 19.5. The Hall–Kier alpha value is -2.76. The summed E-state index contributed by atoms with van der Waals surface area (Å²) in [6, 6.07) is 16.8. The quantitative estimate of drug-likeness (QED) is 0.327. The highest BCUT2D eigenvalue weighted by atomic mass is 35.5. The van der Waals surface area contributed by atoms with E-state index in [0.717, 1.165) is 10.1 Å². The predicted molar refractivity (Wildman–Crippen MR) is 130 cm³/mol. The fourth-order valence-corrected chi connectivity index (χ4v) is 5.48. The Morgan fingerprint density at radius 3 is 2.50 bits per heavy atom. The molecule has 2 aromatic heterocycles. The summed E-state index contributed by atoms with van der Waals surface area (Å²) >= 11 is 12.8. The maximum atomic E-state index is 12.6. The molecule has 0 aliphatic carbocycles. The van der Waals surface area contributed by atoms with Gasteiger partial charge in [0, 0.05) is 15.8 Å². The van der Waals surface area contributed by atoms with Crippen molar-refractivity contribution in [1.82, 2.24) is 10.0 Å². The molecule has 1 amide bonds. The van der Waals surface area contributed by atoms with Gasteiger partial charge in [-0.1, -0.05) is 29.8 Å². The number of rotatable bonds is 6. The number of thiophene rings is 1. The third kappa shape index (κ3) is 5.00. The van der Waals surface area contributed by atoms with Crippen LogP contribution in [0.5, 0.6) is 0 Å². The van der Waals surface area contributed by atoms with E-state index >= 15 is 0 Å². The molecule has 0 fully saturated rings. The maximum Gasteiger partial charge on any atom is 0.269 e. The van der Waals surface area contributed by atoms with Crippen LogP contribution in [0.3, 0.4) is 0 Å². The van der Waals surface area contributed by atoms with Crippen molar-refractivity contribution in [3.8, 4) is 0 Å². The van der Waals surface area contributed by atoms with Gasteiger partial charge in [-0.25, -0.2) is 13.1 Å². The molecular formula is C21H16ClN3O4S3. The number of nitrogens with one attached hydrogen (secondary N) is 3. The Morgan fingerprint density at radius 2 is 1.81 bits per heavy atom. The second-order valence-electron chi connectivity index (χ2n) is 6.58. The molecule has 0 saturated heterocycles. The topological polar surface area (TPSA) is 100 Å². The fraction of sp³-hybridized carbons (Fsp3) is 0.0476. The van der Waals surface area contributed by atoms with Gasteiger partial charge in [0.25, 0.3) is 5.91 Å². The highest BCUT2D eigenvalue weighted by Crippen LogP contribution is 2.35. The Kier molecular flexibility index (Phi) is 6.58. The second kappa shape index (κ2) is 9.39. The van der Waals surface area contributed by atoms with E-state index in [-0.39, 0.29) is 16.6 Å². The minimum Gasteiger partial charge on any atom is -0.468 e. The Bertz CT molecular complexity index is 1380. The van der Waals surface area contributed by atoms with Crippen LogP contribution in [0.4, 0.5) is 5.69 Å². The molecule has 0 spiro atoms. The van der Waals surface area contributed by atoms with Crippen molar-refractivity contribution in [3.05, 3.63) is 82.6 Å². The largest absolute Gasteiger partial charge is 0.468 e. The number of hydrogen-bond donors (Lipinski definition) is 3. The van der Waals surface area contributed by atoms with Crippen LogP contribution in [-0.2, 0) is 16.6 Å². The Balaban J connectivity index is 1.38. The molecule has 0 radical (unpaired) electrons. The number of sulfonamides is 1. The van der Waals surface area contributed by atoms with Crippen LogP contribution in [0.15, 0.2) is 76.2 Å². The van der Waals surface area contributed by atoms with Crippen molar-refractivity contribution in [1.29, 1.82) is 0 Å². The molecule has 0 bridgehead atoms. The van der Waals surface area contributed by atoms with E-state index in [1.165, 1.54) is 29.7 Å². The van der Waals surface area contributed by atoms with Crippen LogP contribution in [0.25, 0.3) is 10.1 Å². The second-order valence-corrected chi connectivity index (χ2v) is 10.2. The van der Waals surface area contributed by atoms with E-state index in [4.69, 9.17) is 28.2 Å². The first-order valence-electron chi connectivity index (χ1n) is 9.25. The summed E-state index contributed by atoms with van der Waals surface area (Å²) in [5, 5.41) is 6.70. The standard InChI is InChI=1S/C21H16ClN3O4S3/c22-18-16-5-1-2-6-17(16)31-19(18)20(26)25-21(30)24-13-7-9-15(10-8-13)32(27,28)23-12-14-4-3-11-29-14/h1-11,23H,12H2,(H2,24,25,26,30). The Morgan fingerprint density at radius 1 is 1.06 bits per heavy atom. The minimum atomic E-state index is -3.71. The normalized spacial score (nSPS) is 11.4. The number of carbonyl (C=O) groups is 1. The lowest BCUT2D eigenvalue weighted by Gasteiger charge is -2.10. The van der Waals surface area contributed by atoms with Gasteiger partial charge in [0.2, 0.25) is 10.0 Å². The summed E-state index contributed by atoms with van der Waals surface area (Å²) in [5.41, 5.74) is 0.516. The molecule has 4 rings (SSSR count). The summed E-state index contributed by atoms with van der Waals surface area (Å²) in [4.78, 5) is 13.0. The van der Waals surface area contributed by atoms with Crippen LogP contribution >= 0.6 is 35.2 Å². The number of anilines is 1. The van der Waals surface area contributed by atoms with Gasteiger partial charge in [-0.05, 0) is 54.7 Å². The highest BCUT2D eigenvalue weighted by Gasteiger charge is 2.18. The van der Waals surface area contributed by atoms with Gasteiger partial charge in [0.1, 0.15) is 10.6 Å². The van der Waals surface area contributed by atoms with E-state index in [2.05, 4.69) is 15.4 Å². The number of fused-ring (bicyclic) bond motifs is 1. The van der Waals surface area contributed by atoms with E-state index in [1.54, 1.807) is 24.3 Å². The first kappa shape index (κ1) is 22.4. The molecule has 3 N–H and O–H groups in total. The van der Waals surface area contributed by atoms with E-state index in [9.17, 15) is 13.2 Å². The van der Waals surface area contributed by atoms with Crippen molar-refractivity contribution < 1.29 is 17.6 Å². The number of halogens is 1. The van der Waals surface area contributed by atoms with Gasteiger partial charge in [-0.15, -0.1) is 11.3 Å². The number of carbonyl (C=O) groups excluding carboxylic acids is 1. The first-order chi connectivity index (χ1) is 15.3. The van der Waals surface area contributed by atoms with Gasteiger partial charge >= 0.3 is 0 Å². The van der Waals surface area contributed by atoms with Crippen LogP contribution in [0.1, 0.15) is 15.4 Å². The third-order valence-corrected chi connectivity index (χ3v) is 7.70. The van der Waals surface area contributed by atoms with E-state index in [0.29, 0.717) is 21.3 Å². The lowest BCUT2D eigenvalue weighted by molar-refractivity contribution is 0.0982. The monoisotopic (exact) mass is 505 g/mol. The molecule has 2 heterocycles. The zero-order valence-electron chi connectivity index (χ0n) is 16.3. The van der Waals surface area contributed by atoms with Gasteiger partial charge < -0.3 is 9.73 Å². The smallest absolute Gasteiger partial charge is 0.269 e. The van der Waals surface area contributed by atoms with Gasteiger partial charge in [-0.2, -0.15) is 0 Å². The molecule has 2 aromatic carbocycles. The van der Waals surface area contributed by atoms with E-state index in [1.807, 2.05) is 24.3 Å². The highest BCUT2D eigenvalue weighted by molar-refractivity contribution is 7.89. The summed E-state index contributed by atoms with van der Waals surface area (Å²) in [6.07, 6.45) is 1.47. The molecule has 7 nitrogen and oxygen atoms in total. The van der Waals surface area contributed by atoms with Crippen LogP contribution in [0.2, 0.25) is 5.02 Å². The average Bonchev–Trinajstić information content (AvgIpc) is 3.41. The number of amides is 1. The summed E-state index contributed by atoms with van der Waals surface area (Å²) in [7, 11) is -3.71. The van der Waals surface area contributed by atoms with E-state index < -0.39 is 15.9 Å². The third-order valence-electron chi connectivity index (χ3n) is 4.41. The van der Waals surface area contributed by atoms with Gasteiger partial charge in [0.05, 0.1) is 22.7 Å². The molecule has 0 aliphatic heterocycles. The first-order valence-corrected chi connectivity index (χ1v) is 12.3. The SMILES string of the molecule is O=C(NC(=S)Nc1ccc(S(=O)(=O)NCc2ccco2)cc1)c1sc2ccccc2c1Cl. The molecule has 0 saturated carbocycles. The number of thiocarbonyl (C=S) groups is 1. The van der Waals surface area contributed by atoms with Crippen molar-refractivity contribution in [2.24, 2.45) is 0 Å². The van der Waals surface area contributed by atoms with Crippen LogP contribution < -0.4 is 15.4 Å². The van der Waals surface area contributed by atoms with Crippen molar-refractivity contribution in [2.45, 2.75) is 11.4 Å². The van der Waals surface area contributed by atoms with Crippen LogP contribution in [-0.4, -0.2) is 19.4 Å². The summed E-state index contributed by atoms with van der Waals surface area (Å²) in [6.45, 7) is 0.0474. The minimum absolute atomic E-state index is 0.0474. The van der Waals surface area contributed by atoms with Crippen molar-refractivity contribution in [2.75, 3.05) is 5.32 Å². The molecule has 11 heteroatoms. The number of hydrogen-bond acceptors (Lipinski definition) is 6. The number of furan rings is 1. The van der Waals surface area contributed by atoms with Gasteiger partial charge in [-0.3, -0.25) is 10.1 Å². The molecule has 32 heavy (non-hydrogen) atoms. The van der Waals surface area contributed by atoms with Crippen LogP contribution in [0, 0.1) is 0 Å². The molecule has 0 unspecified atom stereocenters. The fourth-order valence-electron chi connectivity index (χ4n) is 2.86. The van der Waals surface area contributed by atoms with Gasteiger partial charge in [0.15, 0.2) is 5.11 Å². The Labute approximate surface area is 198 Å². The molecule has 164 valence electrons. The van der Waals surface area contributed by atoms with Crippen molar-refractivity contribution in [3.63, 3.8) is 0 Å². The lowest BCUT2D eigenvalue weighted by atomic mass is 10.2. The number of benzene rings is 2. The maximum absolute atomic E-state index is 12.6.